The lowest BCUT2D eigenvalue weighted by molar-refractivity contribution is -0.138. The highest BCUT2D eigenvalue weighted by molar-refractivity contribution is 7.92. The number of anilines is 1. The van der Waals surface area contributed by atoms with Crippen LogP contribution in [0.25, 0.3) is 0 Å². The van der Waals surface area contributed by atoms with Crippen molar-refractivity contribution in [2.75, 3.05) is 4.72 Å². The Morgan fingerprint density at radius 2 is 1.91 bits per heavy atom. The highest BCUT2D eigenvalue weighted by Gasteiger charge is 2.34. The molecule has 0 radical (unpaired) electrons. The number of nitrogens with zero attached hydrogens (tertiary/aromatic N) is 2. The van der Waals surface area contributed by atoms with E-state index >= 15 is 0 Å². The zero-order valence-electron chi connectivity index (χ0n) is 11.4. The second-order valence-corrected chi connectivity index (χ2v) is 7.15. The van der Waals surface area contributed by atoms with Crippen LogP contribution < -0.4 is 4.72 Å². The highest BCUT2D eigenvalue weighted by Crippen LogP contribution is 2.32. The molecule has 22 heavy (non-hydrogen) atoms. The molecule has 5 nitrogen and oxygen atoms in total. The van der Waals surface area contributed by atoms with E-state index in [9.17, 15) is 21.6 Å². The predicted molar refractivity (Wildman–Crippen MR) is 77.0 cm³/mol. The molecular weight excluding hydrogens is 339 g/mol. The molecule has 0 aliphatic rings. The van der Waals surface area contributed by atoms with Gasteiger partial charge in [0.1, 0.15) is 5.01 Å². The van der Waals surface area contributed by atoms with Gasteiger partial charge in [0.05, 0.1) is 11.3 Å². The van der Waals surface area contributed by atoms with Crippen molar-refractivity contribution in [3.63, 3.8) is 0 Å². The zero-order valence-corrected chi connectivity index (χ0v) is 13.0. The van der Waals surface area contributed by atoms with Crippen LogP contribution in [0, 0.1) is 0 Å². The molecule has 2 rings (SSSR count). The fourth-order valence-corrected chi connectivity index (χ4v) is 3.85. The van der Waals surface area contributed by atoms with E-state index in [1.807, 2.05) is 6.92 Å². The minimum Gasteiger partial charge on any atom is -0.257 e. The molecule has 0 atom stereocenters. The summed E-state index contributed by atoms with van der Waals surface area (Å²) < 4.78 is 64.8. The van der Waals surface area contributed by atoms with Gasteiger partial charge in [-0.05, 0) is 18.1 Å². The van der Waals surface area contributed by atoms with Gasteiger partial charge < -0.3 is 0 Å². The van der Waals surface area contributed by atoms with Crippen LogP contribution in [0.3, 0.4) is 0 Å². The molecule has 0 aliphatic carbocycles. The molecule has 0 aliphatic heterocycles. The Kier molecular flexibility index (Phi) is 4.71. The minimum atomic E-state index is -4.61. The Hall–Kier alpha value is -1.68. The number of hydrogen-bond donors (Lipinski definition) is 1. The third kappa shape index (κ3) is 4.17. The number of halogens is 3. The first-order valence-corrected chi connectivity index (χ1v) is 8.66. The van der Waals surface area contributed by atoms with E-state index in [2.05, 4.69) is 14.9 Å². The van der Waals surface area contributed by atoms with Gasteiger partial charge in [-0.25, -0.2) is 8.42 Å². The molecule has 0 unspecified atom stereocenters. The second kappa shape index (κ2) is 6.21. The van der Waals surface area contributed by atoms with Crippen LogP contribution in [0.2, 0.25) is 0 Å². The van der Waals surface area contributed by atoms with Crippen LogP contribution in [0.4, 0.5) is 18.3 Å². The van der Waals surface area contributed by atoms with Gasteiger partial charge >= 0.3 is 6.18 Å². The third-order valence-corrected chi connectivity index (χ3v) is 4.99. The molecule has 0 amide bonds. The maximum absolute atomic E-state index is 12.9. The molecule has 2 aromatic rings. The summed E-state index contributed by atoms with van der Waals surface area (Å²) in [6.07, 6.45) is -4.01. The van der Waals surface area contributed by atoms with Crippen LogP contribution >= 0.6 is 11.3 Å². The summed E-state index contributed by atoms with van der Waals surface area (Å²) in [6, 6.07) is 4.56. The standard InChI is InChI=1S/C12H12F3N3O2S2/c1-2-10-16-17-11(21-10)18-22(19,20)7-8-5-3-4-6-9(8)12(13,14)15/h3-6H,2,7H2,1H3,(H,17,18). The summed E-state index contributed by atoms with van der Waals surface area (Å²) in [5.41, 5.74) is -1.28. The van der Waals surface area contributed by atoms with Gasteiger partial charge in [0.2, 0.25) is 15.2 Å². The summed E-state index contributed by atoms with van der Waals surface area (Å²) in [6.45, 7) is 1.83. The van der Waals surface area contributed by atoms with Gasteiger partial charge in [-0.3, -0.25) is 4.72 Å². The van der Waals surface area contributed by atoms with Gasteiger partial charge in [0.15, 0.2) is 0 Å². The lowest BCUT2D eigenvalue weighted by atomic mass is 10.1. The van der Waals surface area contributed by atoms with Gasteiger partial charge in [0, 0.05) is 0 Å². The zero-order chi connectivity index (χ0) is 16.4. The van der Waals surface area contributed by atoms with Crippen LogP contribution in [0.5, 0.6) is 0 Å². The summed E-state index contributed by atoms with van der Waals surface area (Å²) in [5.74, 6) is -0.788. The van der Waals surface area contributed by atoms with Gasteiger partial charge in [-0.1, -0.05) is 36.5 Å². The average molecular weight is 351 g/mol. The Morgan fingerprint density at radius 1 is 1.23 bits per heavy atom. The van der Waals surface area contributed by atoms with E-state index in [1.54, 1.807) is 0 Å². The maximum Gasteiger partial charge on any atom is 0.416 e. The minimum absolute atomic E-state index is 0.0429. The first kappa shape index (κ1) is 16.7. The Morgan fingerprint density at radius 3 is 2.50 bits per heavy atom. The summed E-state index contributed by atoms with van der Waals surface area (Å²) in [5, 5.41) is 8.06. The summed E-state index contributed by atoms with van der Waals surface area (Å²) in [7, 11) is -4.01. The number of aromatic nitrogens is 2. The SMILES string of the molecule is CCc1nnc(NS(=O)(=O)Cc2ccccc2C(F)(F)F)s1. The van der Waals surface area contributed by atoms with Crippen molar-refractivity contribution < 1.29 is 21.6 Å². The van der Waals surface area contributed by atoms with Crippen LogP contribution in [0.15, 0.2) is 24.3 Å². The summed E-state index contributed by atoms with van der Waals surface area (Å²) >= 11 is 1.05. The monoisotopic (exact) mass is 351 g/mol. The molecule has 0 saturated heterocycles. The molecule has 1 aromatic carbocycles. The van der Waals surface area contributed by atoms with Crippen molar-refractivity contribution >= 4 is 26.5 Å². The largest absolute Gasteiger partial charge is 0.416 e. The molecule has 10 heteroatoms. The maximum atomic E-state index is 12.9. The number of aryl methyl sites for hydroxylation is 1. The molecule has 0 fully saturated rings. The van der Waals surface area contributed by atoms with E-state index in [0.717, 1.165) is 23.5 Å². The molecule has 120 valence electrons. The third-order valence-electron chi connectivity index (χ3n) is 2.68. The van der Waals surface area contributed by atoms with Crippen molar-refractivity contribution in [1.82, 2.24) is 10.2 Å². The van der Waals surface area contributed by atoms with E-state index in [-0.39, 0.29) is 10.7 Å². The van der Waals surface area contributed by atoms with Crippen molar-refractivity contribution in [2.45, 2.75) is 25.3 Å². The van der Waals surface area contributed by atoms with Crippen LogP contribution in [0.1, 0.15) is 23.1 Å². The highest BCUT2D eigenvalue weighted by atomic mass is 32.2. The van der Waals surface area contributed by atoms with E-state index in [0.29, 0.717) is 11.4 Å². The first-order chi connectivity index (χ1) is 10.2. The Balaban J connectivity index is 2.22. The van der Waals surface area contributed by atoms with E-state index in [1.165, 1.54) is 12.1 Å². The first-order valence-electron chi connectivity index (χ1n) is 6.19. The Labute approximate surface area is 129 Å². The van der Waals surface area contributed by atoms with Crippen molar-refractivity contribution in [3.8, 4) is 0 Å². The van der Waals surface area contributed by atoms with E-state index < -0.39 is 27.5 Å². The average Bonchev–Trinajstić information content (AvgIpc) is 2.84. The Bertz CT molecular complexity index is 757. The number of alkyl halides is 3. The number of rotatable bonds is 5. The normalized spacial score (nSPS) is 12.4. The number of benzene rings is 1. The molecule has 0 spiro atoms. The molecule has 1 heterocycles. The van der Waals surface area contributed by atoms with Gasteiger partial charge in [-0.15, -0.1) is 10.2 Å². The molecule has 1 aromatic heterocycles. The fraction of sp³-hybridized carbons (Fsp3) is 0.333. The fourth-order valence-electron chi connectivity index (χ4n) is 1.73. The second-order valence-electron chi connectivity index (χ2n) is 4.37. The smallest absolute Gasteiger partial charge is 0.257 e. The predicted octanol–water partition coefficient (Wildman–Crippen LogP) is 3.06. The number of nitrogens with one attached hydrogen (secondary N) is 1. The van der Waals surface area contributed by atoms with Crippen LogP contribution in [-0.4, -0.2) is 18.6 Å². The van der Waals surface area contributed by atoms with Crippen molar-refractivity contribution in [3.05, 3.63) is 40.4 Å². The topological polar surface area (TPSA) is 72.0 Å². The van der Waals surface area contributed by atoms with Crippen molar-refractivity contribution in [1.29, 1.82) is 0 Å². The van der Waals surface area contributed by atoms with Gasteiger partial charge in [0.25, 0.3) is 0 Å². The molecule has 0 saturated carbocycles. The summed E-state index contributed by atoms with van der Waals surface area (Å²) in [4.78, 5) is 0. The van der Waals surface area contributed by atoms with Gasteiger partial charge in [-0.2, -0.15) is 13.2 Å². The number of sulfonamides is 1. The molecule has 0 bridgehead atoms. The lowest BCUT2D eigenvalue weighted by Crippen LogP contribution is -2.18. The number of hydrogen-bond acceptors (Lipinski definition) is 5. The van der Waals surface area contributed by atoms with E-state index in [4.69, 9.17) is 0 Å². The van der Waals surface area contributed by atoms with Crippen LogP contribution in [-0.2, 0) is 28.4 Å². The molecular formula is C12H12F3N3O2S2. The lowest BCUT2D eigenvalue weighted by Gasteiger charge is -2.12. The van der Waals surface area contributed by atoms with Crippen molar-refractivity contribution in [2.24, 2.45) is 0 Å². The molecule has 1 N–H and O–H groups in total. The quantitative estimate of drug-likeness (QED) is 0.899.